The molecule has 2 N–H and O–H groups in total. The molecule has 2 rings (SSSR count). The van der Waals surface area contributed by atoms with Gasteiger partial charge in [-0.15, -0.1) is 0 Å². The van der Waals surface area contributed by atoms with Crippen molar-refractivity contribution in [2.24, 2.45) is 5.92 Å². The van der Waals surface area contributed by atoms with Gasteiger partial charge in [0.15, 0.2) is 0 Å². The molecular formula is C16H24N4. The molecule has 2 atom stereocenters. The molecule has 0 amide bonds. The molecule has 0 aliphatic carbocycles. The Kier molecular flexibility index (Phi) is 4.77. The summed E-state index contributed by atoms with van der Waals surface area (Å²) in [7, 11) is 1.84. The lowest BCUT2D eigenvalue weighted by atomic mass is 10.0. The van der Waals surface area contributed by atoms with Gasteiger partial charge in [-0.3, -0.25) is 0 Å². The van der Waals surface area contributed by atoms with Crippen LogP contribution in [0.5, 0.6) is 0 Å². The van der Waals surface area contributed by atoms with Crippen molar-refractivity contribution >= 4 is 22.7 Å². The first-order chi connectivity index (χ1) is 9.63. The first-order valence-electron chi connectivity index (χ1n) is 7.35. The van der Waals surface area contributed by atoms with Crippen molar-refractivity contribution < 1.29 is 0 Å². The van der Waals surface area contributed by atoms with Gasteiger partial charge in [-0.05, 0) is 31.4 Å². The van der Waals surface area contributed by atoms with Crippen molar-refractivity contribution in [3.63, 3.8) is 0 Å². The highest BCUT2D eigenvalue weighted by molar-refractivity contribution is 5.90. The van der Waals surface area contributed by atoms with Crippen LogP contribution in [0.1, 0.15) is 33.6 Å². The molecule has 2 unspecified atom stereocenters. The SMILES string of the molecule is CCC(C)CC(C)Nc1nc(NC)nc2ccccc12. The minimum atomic E-state index is 0.396. The number of fused-ring (bicyclic) bond motifs is 1. The maximum absolute atomic E-state index is 4.56. The van der Waals surface area contributed by atoms with E-state index in [1.807, 2.05) is 25.2 Å². The molecule has 1 aromatic carbocycles. The Bertz CT molecular complexity index is 567. The summed E-state index contributed by atoms with van der Waals surface area (Å²) in [4.78, 5) is 9.04. The molecule has 0 saturated heterocycles. The van der Waals surface area contributed by atoms with Crippen molar-refractivity contribution in [2.45, 2.75) is 39.7 Å². The maximum atomic E-state index is 4.56. The van der Waals surface area contributed by atoms with Gasteiger partial charge in [0.05, 0.1) is 5.52 Å². The average Bonchev–Trinajstić information content (AvgIpc) is 2.46. The van der Waals surface area contributed by atoms with Crippen LogP contribution in [-0.4, -0.2) is 23.1 Å². The summed E-state index contributed by atoms with van der Waals surface area (Å²) in [6, 6.07) is 8.50. The van der Waals surface area contributed by atoms with Crippen LogP contribution in [0.25, 0.3) is 10.9 Å². The molecule has 1 aromatic heterocycles. The zero-order chi connectivity index (χ0) is 14.5. The lowest BCUT2D eigenvalue weighted by molar-refractivity contribution is 0.483. The molecule has 0 aliphatic heterocycles. The van der Waals surface area contributed by atoms with Crippen molar-refractivity contribution in [3.05, 3.63) is 24.3 Å². The molecule has 20 heavy (non-hydrogen) atoms. The molecule has 4 heteroatoms. The zero-order valence-electron chi connectivity index (χ0n) is 12.8. The Hall–Kier alpha value is -1.84. The summed E-state index contributed by atoms with van der Waals surface area (Å²) in [5, 5.41) is 7.63. The second-order valence-electron chi connectivity index (χ2n) is 5.46. The first kappa shape index (κ1) is 14.6. The fraction of sp³-hybridized carbons (Fsp3) is 0.500. The van der Waals surface area contributed by atoms with Crippen LogP contribution < -0.4 is 10.6 Å². The van der Waals surface area contributed by atoms with Crippen LogP contribution in [0, 0.1) is 5.92 Å². The van der Waals surface area contributed by atoms with Crippen molar-refractivity contribution in [2.75, 3.05) is 17.7 Å². The number of anilines is 2. The highest BCUT2D eigenvalue weighted by atomic mass is 15.1. The summed E-state index contributed by atoms with van der Waals surface area (Å²) in [5.74, 6) is 2.28. The number of nitrogens with one attached hydrogen (secondary N) is 2. The quantitative estimate of drug-likeness (QED) is 0.837. The molecule has 1 heterocycles. The number of hydrogen-bond donors (Lipinski definition) is 2. The third-order valence-electron chi connectivity index (χ3n) is 3.66. The fourth-order valence-electron chi connectivity index (χ4n) is 2.36. The zero-order valence-corrected chi connectivity index (χ0v) is 12.8. The van der Waals surface area contributed by atoms with E-state index in [0.29, 0.717) is 12.0 Å². The van der Waals surface area contributed by atoms with E-state index in [4.69, 9.17) is 0 Å². The monoisotopic (exact) mass is 272 g/mol. The van der Waals surface area contributed by atoms with E-state index < -0.39 is 0 Å². The number of rotatable bonds is 6. The van der Waals surface area contributed by atoms with Gasteiger partial charge in [0.2, 0.25) is 5.95 Å². The summed E-state index contributed by atoms with van der Waals surface area (Å²) >= 11 is 0. The minimum absolute atomic E-state index is 0.396. The summed E-state index contributed by atoms with van der Waals surface area (Å²) < 4.78 is 0. The van der Waals surface area contributed by atoms with E-state index >= 15 is 0 Å². The number of hydrogen-bond acceptors (Lipinski definition) is 4. The van der Waals surface area contributed by atoms with Gasteiger partial charge < -0.3 is 10.6 Å². The van der Waals surface area contributed by atoms with Gasteiger partial charge in [0.1, 0.15) is 5.82 Å². The lowest BCUT2D eigenvalue weighted by Crippen LogP contribution is -2.19. The molecule has 0 radical (unpaired) electrons. The average molecular weight is 272 g/mol. The van der Waals surface area contributed by atoms with Crippen molar-refractivity contribution in [3.8, 4) is 0 Å². The third-order valence-corrected chi connectivity index (χ3v) is 3.66. The summed E-state index contributed by atoms with van der Waals surface area (Å²) in [6.45, 7) is 6.73. The van der Waals surface area contributed by atoms with E-state index in [2.05, 4.69) is 47.4 Å². The number of benzene rings is 1. The van der Waals surface area contributed by atoms with Gasteiger partial charge in [0.25, 0.3) is 0 Å². The molecule has 2 aromatic rings. The molecule has 0 aliphatic rings. The van der Waals surface area contributed by atoms with E-state index in [-0.39, 0.29) is 0 Å². The molecule has 0 fully saturated rings. The predicted molar refractivity (Wildman–Crippen MR) is 86.2 cm³/mol. The number of aromatic nitrogens is 2. The smallest absolute Gasteiger partial charge is 0.224 e. The normalized spacial score (nSPS) is 14.0. The summed E-state index contributed by atoms with van der Waals surface area (Å²) in [6.07, 6.45) is 2.35. The molecule has 108 valence electrons. The first-order valence-corrected chi connectivity index (χ1v) is 7.35. The fourth-order valence-corrected chi connectivity index (χ4v) is 2.36. The minimum Gasteiger partial charge on any atom is -0.367 e. The molecule has 0 saturated carbocycles. The second-order valence-corrected chi connectivity index (χ2v) is 5.46. The molecule has 0 spiro atoms. The summed E-state index contributed by atoms with van der Waals surface area (Å²) in [5.41, 5.74) is 0.963. The highest BCUT2D eigenvalue weighted by Crippen LogP contribution is 2.23. The predicted octanol–water partition coefficient (Wildman–Crippen LogP) is 3.91. The van der Waals surface area contributed by atoms with E-state index in [1.165, 1.54) is 6.42 Å². The Morgan fingerprint density at radius 2 is 1.90 bits per heavy atom. The van der Waals surface area contributed by atoms with Crippen LogP contribution >= 0.6 is 0 Å². The van der Waals surface area contributed by atoms with Crippen LogP contribution in [0.4, 0.5) is 11.8 Å². The van der Waals surface area contributed by atoms with E-state index in [9.17, 15) is 0 Å². The molecular weight excluding hydrogens is 248 g/mol. The number of para-hydroxylation sites is 1. The van der Waals surface area contributed by atoms with Crippen molar-refractivity contribution in [1.82, 2.24) is 9.97 Å². The van der Waals surface area contributed by atoms with Gasteiger partial charge in [0, 0.05) is 18.5 Å². The Morgan fingerprint density at radius 3 is 2.60 bits per heavy atom. The van der Waals surface area contributed by atoms with Crippen LogP contribution in [0.3, 0.4) is 0 Å². The van der Waals surface area contributed by atoms with Gasteiger partial charge >= 0.3 is 0 Å². The third kappa shape index (κ3) is 3.38. The number of nitrogens with zero attached hydrogens (tertiary/aromatic N) is 2. The van der Waals surface area contributed by atoms with E-state index in [0.717, 1.165) is 29.1 Å². The Morgan fingerprint density at radius 1 is 1.15 bits per heavy atom. The Balaban J connectivity index is 2.28. The van der Waals surface area contributed by atoms with E-state index in [1.54, 1.807) is 0 Å². The molecule has 0 bridgehead atoms. The molecule has 4 nitrogen and oxygen atoms in total. The highest BCUT2D eigenvalue weighted by Gasteiger charge is 2.11. The van der Waals surface area contributed by atoms with Crippen LogP contribution in [0.2, 0.25) is 0 Å². The van der Waals surface area contributed by atoms with Crippen LogP contribution in [-0.2, 0) is 0 Å². The Labute approximate surface area is 121 Å². The maximum Gasteiger partial charge on any atom is 0.224 e. The van der Waals surface area contributed by atoms with Gasteiger partial charge in [-0.2, -0.15) is 4.98 Å². The lowest BCUT2D eigenvalue weighted by Gasteiger charge is -2.19. The second kappa shape index (κ2) is 6.55. The van der Waals surface area contributed by atoms with Gasteiger partial charge in [-0.1, -0.05) is 32.4 Å². The van der Waals surface area contributed by atoms with Gasteiger partial charge in [-0.25, -0.2) is 4.98 Å². The van der Waals surface area contributed by atoms with Crippen molar-refractivity contribution in [1.29, 1.82) is 0 Å². The standard InChI is InChI=1S/C16H24N4/c1-5-11(2)10-12(3)18-15-13-8-6-7-9-14(13)19-16(17-4)20-15/h6-9,11-12H,5,10H2,1-4H3,(H2,17,18,19,20). The van der Waals surface area contributed by atoms with Crippen LogP contribution in [0.15, 0.2) is 24.3 Å². The topological polar surface area (TPSA) is 49.8 Å². The largest absolute Gasteiger partial charge is 0.367 e.